The monoisotopic (exact) mass is 250 g/mol. The Kier molecular flexibility index (Phi) is 3.88. The SMILES string of the molecule is O=C(CCNC(C1CC1)C1CC1)N1CCCCC1. The summed E-state index contributed by atoms with van der Waals surface area (Å²) >= 11 is 0. The largest absolute Gasteiger partial charge is 0.343 e. The third kappa shape index (κ3) is 3.25. The van der Waals surface area contributed by atoms with Gasteiger partial charge in [-0.2, -0.15) is 0 Å². The van der Waals surface area contributed by atoms with Crippen molar-refractivity contribution in [1.82, 2.24) is 10.2 Å². The molecule has 1 aliphatic heterocycles. The second kappa shape index (κ2) is 5.60. The average molecular weight is 250 g/mol. The third-order valence-electron chi connectivity index (χ3n) is 4.69. The molecule has 0 aromatic carbocycles. The molecule has 0 aromatic rings. The van der Waals surface area contributed by atoms with Crippen LogP contribution >= 0.6 is 0 Å². The van der Waals surface area contributed by atoms with Crippen molar-refractivity contribution >= 4 is 5.91 Å². The number of hydrogen-bond donors (Lipinski definition) is 1. The lowest BCUT2D eigenvalue weighted by Crippen LogP contribution is -2.39. The predicted molar refractivity (Wildman–Crippen MR) is 72.3 cm³/mol. The van der Waals surface area contributed by atoms with Gasteiger partial charge in [0, 0.05) is 32.1 Å². The second-order valence-electron chi connectivity index (χ2n) is 6.35. The summed E-state index contributed by atoms with van der Waals surface area (Å²) < 4.78 is 0. The molecule has 0 bridgehead atoms. The quantitative estimate of drug-likeness (QED) is 0.783. The van der Waals surface area contributed by atoms with E-state index in [1.54, 1.807) is 0 Å². The van der Waals surface area contributed by atoms with Crippen molar-refractivity contribution < 1.29 is 4.79 Å². The van der Waals surface area contributed by atoms with Gasteiger partial charge in [-0.05, 0) is 56.8 Å². The number of carbonyl (C=O) groups is 1. The van der Waals surface area contributed by atoms with Gasteiger partial charge in [0.05, 0.1) is 0 Å². The van der Waals surface area contributed by atoms with Crippen molar-refractivity contribution in [2.24, 2.45) is 11.8 Å². The highest BCUT2D eigenvalue weighted by molar-refractivity contribution is 5.76. The Bertz CT molecular complexity index is 279. The maximum Gasteiger partial charge on any atom is 0.223 e. The summed E-state index contributed by atoms with van der Waals surface area (Å²) in [6.45, 7) is 2.88. The van der Waals surface area contributed by atoms with E-state index < -0.39 is 0 Å². The standard InChI is InChI=1S/C15H26N2O/c18-14(17-10-2-1-3-11-17)8-9-16-15(12-4-5-12)13-6-7-13/h12-13,15-16H,1-11H2. The van der Waals surface area contributed by atoms with E-state index in [1.807, 2.05) is 0 Å². The molecule has 1 amide bonds. The number of nitrogens with zero attached hydrogens (tertiary/aromatic N) is 1. The molecule has 0 aromatic heterocycles. The number of piperidine rings is 1. The first kappa shape index (κ1) is 12.5. The first-order valence-corrected chi connectivity index (χ1v) is 7.86. The molecular weight excluding hydrogens is 224 g/mol. The van der Waals surface area contributed by atoms with Crippen LogP contribution in [0.2, 0.25) is 0 Å². The summed E-state index contributed by atoms with van der Waals surface area (Å²) in [6.07, 6.45) is 10.0. The minimum atomic E-state index is 0.368. The van der Waals surface area contributed by atoms with E-state index in [4.69, 9.17) is 0 Å². The summed E-state index contributed by atoms with van der Waals surface area (Å²) in [4.78, 5) is 14.1. The Labute approximate surface area is 110 Å². The molecule has 3 heteroatoms. The van der Waals surface area contributed by atoms with E-state index in [2.05, 4.69) is 10.2 Å². The molecule has 2 aliphatic carbocycles. The molecule has 3 rings (SSSR count). The molecule has 0 radical (unpaired) electrons. The Hall–Kier alpha value is -0.570. The fourth-order valence-electron chi connectivity index (χ4n) is 3.28. The van der Waals surface area contributed by atoms with Crippen molar-refractivity contribution in [3.05, 3.63) is 0 Å². The molecule has 102 valence electrons. The lowest BCUT2D eigenvalue weighted by molar-refractivity contribution is -0.132. The van der Waals surface area contributed by atoms with Gasteiger partial charge in [0.1, 0.15) is 0 Å². The molecule has 0 spiro atoms. The van der Waals surface area contributed by atoms with Gasteiger partial charge in [0.25, 0.3) is 0 Å². The van der Waals surface area contributed by atoms with Crippen LogP contribution < -0.4 is 5.32 Å². The van der Waals surface area contributed by atoms with Gasteiger partial charge in [-0.1, -0.05) is 0 Å². The number of carbonyl (C=O) groups excluding carboxylic acids is 1. The summed E-state index contributed by atoms with van der Waals surface area (Å²) in [7, 11) is 0. The van der Waals surface area contributed by atoms with Gasteiger partial charge in [-0.25, -0.2) is 0 Å². The van der Waals surface area contributed by atoms with Gasteiger partial charge in [0.15, 0.2) is 0 Å². The minimum absolute atomic E-state index is 0.368. The molecule has 1 saturated heterocycles. The van der Waals surface area contributed by atoms with Crippen molar-refractivity contribution in [1.29, 1.82) is 0 Å². The van der Waals surface area contributed by atoms with Crippen LogP contribution in [0.4, 0.5) is 0 Å². The molecular formula is C15H26N2O. The summed E-state index contributed by atoms with van der Waals surface area (Å²) in [5, 5.41) is 3.67. The zero-order chi connectivity index (χ0) is 12.4. The normalized spacial score (nSPS) is 24.6. The van der Waals surface area contributed by atoms with Crippen LogP contribution in [-0.4, -0.2) is 36.5 Å². The molecule has 3 nitrogen and oxygen atoms in total. The number of hydrogen-bond acceptors (Lipinski definition) is 2. The molecule has 3 aliphatic rings. The minimum Gasteiger partial charge on any atom is -0.343 e. The zero-order valence-corrected chi connectivity index (χ0v) is 11.4. The van der Waals surface area contributed by atoms with E-state index in [1.165, 1.54) is 44.9 Å². The predicted octanol–water partition coefficient (Wildman–Crippen LogP) is 2.17. The van der Waals surface area contributed by atoms with Gasteiger partial charge in [-0.15, -0.1) is 0 Å². The van der Waals surface area contributed by atoms with Gasteiger partial charge in [-0.3, -0.25) is 4.79 Å². The second-order valence-corrected chi connectivity index (χ2v) is 6.35. The fraction of sp³-hybridized carbons (Fsp3) is 0.933. The maximum atomic E-state index is 12.0. The van der Waals surface area contributed by atoms with E-state index in [9.17, 15) is 4.79 Å². The summed E-state index contributed by atoms with van der Waals surface area (Å²) in [6, 6.07) is 0.735. The highest BCUT2D eigenvalue weighted by Gasteiger charge is 2.40. The maximum absolute atomic E-state index is 12.0. The van der Waals surface area contributed by atoms with Crippen LogP contribution in [-0.2, 0) is 4.79 Å². The van der Waals surface area contributed by atoms with Gasteiger partial charge in [0.2, 0.25) is 5.91 Å². The van der Waals surface area contributed by atoms with Crippen molar-refractivity contribution in [3.8, 4) is 0 Å². The molecule has 0 atom stereocenters. The number of likely N-dealkylation sites (tertiary alicyclic amines) is 1. The van der Waals surface area contributed by atoms with Crippen LogP contribution in [0.25, 0.3) is 0 Å². The van der Waals surface area contributed by atoms with E-state index in [0.29, 0.717) is 12.3 Å². The molecule has 1 N–H and O–H groups in total. The topological polar surface area (TPSA) is 32.3 Å². The summed E-state index contributed by atoms with van der Waals surface area (Å²) in [5.41, 5.74) is 0. The Morgan fingerprint density at radius 2 is 1.67 bits per heavy atom. The molecule has 0 unspecified atom stereocenters. The lowest BCUT2D eigenvalue weighted by atomic mass is 10.1. The Morgan fingerprint density at radius 1 is 1.06 bits per heavy atom. The van der Waals surface area contributed by atoms with E-state index >= 15 is 0 Å². The smallest absolute Gasteiger partial charge is 0.223 e. The van der Waals surface area contributed by atoms with Gasteiger partial charge >= 0.3 is 0 Å². The van der Waals surface area contributed by atoms with Crippen molar-refractivity contribution in [3.63, 3.8) is 0 Å². The van der Waals surface area contributed by atoms with E-state index in [0.717, 1.165) is 37.5 Å². The van der Waals surface area contributed by atoms with Crippen molar-refractivity contribution in [2.45, 2.75) is 57.4 Å². The molecule has 2 saturated carbocycles. The van der Waals surface area contributed by atoms with Crippen molar-refractivity contribution in [2.75, 3.05) is 19.6 Å². The first-order valence-electron chi connectivity index (χ1n) is 7.86. The fourth-order valence-corrected chi connectivity index (χ4v) is 3.28. The highest BCUT2D eigenvalue weighted by atomic mass is 16.2. The number of amides is 1. The van der Waals surface area contributed by atoms with Crippen LogP contribution in [0.15, 0.2) is 0 Å². The lowest BCUT2D eigenvalue weighted by Gasteiger charge is -2.27. The summed E-state index contributed by atoms with van der Waals surface area (Å²) in [5.74, 6) is 2.23. The molecule has 3 fully saturated rings. The Morgan fingerprint density at radius 3 is 2.22 bits per heavy atom. The van der Waals surface area contributed by atoms with E-state index in [-0.39, 0.29) is 0 Å². The van der Waals surface area contributed by atoms with Crippen LogP contribution in [0.5, 0.6) is 0 Å². The third-order valence-corrected chi connectivity index (χ3v) is 4.69. The number of rotatable bonds is 6. The average Bonchev–Trinajstić information content (AvgIpc) is 3.29. The van der Waals surface area contributed by atoms with Crippen LogP contribution in [0.3, 0.4) is 0 Å². The zero-order valence-electron chi connectivity index (χ0n) is 11.4. The highest BCUT2D eigenvalue weighted by Crippen LogP contribution is 2.44. The van der Waals surface area contributed by atoms with Crippen LogP contribution in [0, 0.1) is 11.8 Å². The number of nitrogens with one attached hydrogen (secondary N) is 1. The van der Waals surface area contributed by atoms with Gasteiger partial charge < -0.3 is 10.2 Å². The molecule has 1 heterocycles. The Balaban J connectivity index is 1.36. The first-order chi connectivity index (χ1) is 8.84. The molecule has 18 heavy (non-hydrogen) atoms. The van der Waals surface area contributed by atoms with Crippen LogP contribution in [0.1, 0.15) is 51.4 Å².